The Morgan fingerprint density at radius 3 is 2.67 bits per heavy atom. The van der Waals surface area contributed by atoms with E-state index in [0.717, 1.165) is 16.9 Å². The van der Waals surface area contributed by atoms with Gasteiger partial charge in [-0.25, -0.2) is 0 Å². The van der Waals surface area contributed by atoms with Gasteiger partial charge in [0.15, 0.2) is 0 Å². The van der Waals surface area contributed by atoms with Crippen molar-refractivity contribution in [3.8, 4) is 0 Å². The van der Waals surface area contributed by atoms with E-state index in [-0.39, 0.29) is 0 Å². The molecule has 96 valence electrons. The molecular weight excluding hydrogens is 289 g/mol. The van der Waals surface area contributed by atoms with Crippen LogP contribution in [-0.4, -0.2) is 25.9 Å². The van der Waals surface area contributed by atoms with E-state index in [1.54, 1.807) is 0 Å². The quantitative estimate of drug-likeness (QED) is 0.479. The number of oxime groups is 1. The topological polar surface area (TPSA) is 32.6 Å². The Morgan fingerprint density at radius 1 is 1.11 bits per heavy atom. The van der Waals surface area contributed by atoms with E-state index in [9.17, 15) is 5.21 Å². The predicted octanol–water partition coefficient (Wildman–Crippen LogP) is 3.64. The van der Waals surface area contributed by atoms with Gasteiger partial charge < -0.3 is 0 Å². The van der Waals surface area contributed by atoms with Crippen LogP contribution in [-0.2, 0) is 0 Å². The maximum atomic E-state index is 9.29. The number of rotatable bonds is 1. The fourth-order valence-corrected chi connectivity index (χ4v) is 6.97. The minimum absolute atomic E-state index is 0.587. The van der Waals surface area contributed by atoms with Gasteiger partial charge in [-0.05, 0) is 0 Å². The molecule has 2 aliphatic rings. The Labute approximate surface area is 115 Å². The van der Waals surface area contributed by atoms with Gasteiger partial charge in [-0.15, -0.1) is 0 Å². The van der Waals surface area contributed by atoms with E-state index >= 15 is 0 Å². The molecule has 1 N–H and O–H groups in total. The molecular formula is C15H19NOSe. The second kappa shape index (κ2) is 5.46. The van der Waals surface area contributed by atoms with Crippen molar-refractivity contribution in [3.05, 3.63) is 35.9 Å². The van der Waals surface area contributed by atoms with E-state index in [1.807, 2.05) is 0 Å². The first-order valence-corrected chi connectivity index (χ1v) is 8.77. The monoisotopic (exact) mass is 309 g/mol. The van der Waals surface area contributed by atoms with E-state index in [2.05, 4.69) is 35.5 Å². The summed E-state index contributed by atoms with van der Waals surface area (Å²) >= 11 is 0.653. The van der Waals surface area contributed by atoms with Crippen molar-refractivity contribution < 1.29 is 5.21 Å². The minimum atomic E-state index is 0.587. The van der Waals surface area contributed by atoms with Crippen LogP contribution in [0.3, 0.4) is 0 Å². The van der Waals surface area contributed by atoms with Crippen molar-refractivity contribution in [2.45, 2.75) is 41.7 Å². The zero-order valence-corrected chi connectivity index (χ0v) is 12.2. The Balaban J connectivity index is 1.83. The molecule has 1 heterocycles. The van der Waals surface area contributed by atoms with Gasteiger partial charge in [0, 0.05) is 0 Å². The zero-order chi connectivity index (χ0) is 12.4. The summed E-state index contributed by atoms with van der Waals surface area (Å²) in [6.45, 7) is 0. The molecule has 0 amide bonds. The van der Waals surface area contributed by atoms with Gasteiger partial charge in [0.05, 0.1) is 0 Å². The third-order valence-corrected chi connectivity index (χ3v) is 7.69. The van der Waals surface area contributed by atoms with Gasteiger partial charge in [-0.3, -0.25) is 0 Å². The second-order valence-corrected chi connectivity index (χ2v) is 8.30. The first kappa shape index (κ1) is 12.3. The Hall–Kier alpha value is -0.791. The summed E-state index contributed by atoms with van der Waals surface area (Å²) in [5.41, 5.74) is 2.50. The number of fused-ring (bicyclic) bond motifs is 1. The summed E-state index contributed by atoms with van der Waals surface area (Å²) in [6, 6.07) is 10.8. The molecule has 1 aromatic rings. The summed E-state index contributed by atoms with van der Waals surface area (Å²) in [5, 5.41) is 12.9. The van der Waals surface area contributed by atoms with Crippen molar-refractivity contribution in [2.75, 3.05) is 0 Å². The number of nitrogens with zero attached hydrogens (tertiary/aromatic N) is 1. The Bertz CT molecular complexity index is 431. The average Bonchev–Trinajstić information content (AvgIpc) is 2.47. The third kappa shape index (κ3) is 2.34. The molecule has 1 saturated carbocycles. The van der Waals surface area contributed by atoms with Gasteiger partial charge in [0.1, 0.15) is 0 Å². The molecule has 0 radical (unpaired) electrons. The van der Waals surface area contributed by atoms with Gasteiger partial charge in [-0.2, -0.15) is 0 Å². The predicted molar refractivity (Wildman–Crippen MR) is 74.5 cm³/mol. The summed E-state index contributed by atoms with van der Waals surface area (Å²) in [4.78, 5) is 1.42. The summed E-state index contributed by atoms with van der Waals surface area (Å²) < 4.78 is 0. The number of benzene rings is 1. The molecule has 3 rings (SSSR count). The van der Waals surface area contributed by atoms with Crippen molar-refractivity contribution in [1.29, 1.82) is 0 Å². The first-order chi connectivity index (χ1) is 8.88. The molecule has 1 aliphatic carbocycles. The number of hydrogen-bond acceptors (Lipinski definition) is 2. The normalized spacial score (nSPS) is 34.2. The van der Waals surface area contributed by atoms with Gasteiger partial charge in [-0.1, -0.05) is 0 Å². The van der Waals surface area contributed by atoms with Crippen LogP contribution in [0.1, 0.15) is 42.5 Å². The first-order valence-electron chi connectivity index (χ1n) is 6.79. The summed E-state index contributed by atoms with van der Waals surface area (Å²) in [5.74, 6) is 0.587. The maximum absolute atomic E-state index is 9.29. The fourth-order valence-electron chi connectivity index (χ4n) is 3.22. The molecule has 3 atom stereocenters. The van der Waals surface area contributed by atoms with Crippen LogP contribution in [0.5, 0.6) is 0 Å². The molecule has 0 spiro atoms. The van der Waals surface area contributed by atoms with E-state index in [0.29, 0.717) is 25.7 Å². The van der Waals surface area contributed by atoms with Crippen LogP contribution in [0.15, 0.2) is 35.5 Å². The van der Waals surface area contributed by atoms with Crippen molar-refractivity contribution in [1.82, 2.24) is 0 Å². The molecule has 2 nitrogen and oxygen atoms in total. The van der Waals surface area contributed by atoms with Gasteiger partial charge in [0.25, 0.3) is 0 Å². The van der Waals surface area contributed by atoms with E-state index in [1.165, 1.54) is 31.2 Å². The van der Waals surface area contributed by atoms with Gasteiger partial charge >= 0.3 is 115 Å². The van der Waals surface area contributed by atoms with Crippen LogP contribution in [0.2, 0.25) is 4.82 Å². The van der Waals surface area contributed by atoms with Crippen LogP contribution < -0.4 is 0 Å². The molecule has 0 bridgehead atoms. The fraction of sp³-hybridized carbons (Fsp3) is 0.533. The molecule has 1 aromatic carbocycles. The Morgan fingerprint density at radius 2 is 1.89 bits per heavy atom. The molecule has 3 unspecified atom stereocenters. The van der Waals surface area contributed by atoms with E-state index in [4.69, 9.17) is 0 Å². The second-order valence-electron chi connectivity index (χ2n) is 5.26. The zero-order valence-electron chi connectivity index (χ0n) is 10.5. The molecule has 0 aromatic heterocycles. The Kier molecular flexibility index (Phi) is 3.72. The van der Waals surface area contributed by atoms with Crippen LogP contribution in [0, 0.1) is 5.92 Å². The third-order valence-electron chi connectivity index (χ3n) is 4.16. The molecule has 1 saturated heterocycles. The van der Waals surface area contributed by atoms with Crippen molar-refractivity contribution in [2.24, 2.45) is 11.1 Å². The van der Waals surface area contributed by atoms with Crippen LogP contribution in [0.4, 0.5) is 0 Å². The van der Waals surface area contributed by atoms with Crippen LogP contribution >= 0.6 is 0 Å². The average molecular weight is 308 g/mol. The molecule has 2 fully saturated rings. The molecule has 3 heteroatoms. The summed E-state index contributed by atoms with van der Waals surface area (Å²) in [6.07, 6.45) is 6.23. The van der Waals surface area contributed by atoms with Crippen molar-refractivity contribution in [3.63, 3.8) is 0 Å². The van der Waals surface area contributed by atoms with Crippen LogP contribution in [0.25, 0.3) is 0 Å². The molecule has 18 heavy (non-hydrogen) atoms. The van der Waals surface area contributed by atoms with E-state index < -0.39 is 0 Å². The standard InChI is InChI=1S/C15H19NOSe/c17-16-13-10-15(11-6-2-1-3-7-11)18-14-9-5-4-8-12(13)14/h1-3,6-7,12,14-15,17H,4-5,8-10H2/b16-13+. The van der Waals surface area contributed by atoms with Gasteiger partial charge in [0.2, 0.25) is 0 Å². The number of hydrogen-bond donors (Lipinski definition) is 1. The molecule has 1 aliphatic heterocycles. The van der Waals surface area contributed by atoms with Crippen molar-refractivity contribution >= 4 is 20.7 Å². The SMILES string of the molecule is O/N=C1\CC(c2ccccc2)[Se]C2CCCCC12. The summed E-state index contributed by atoms with van der Waals surface area (Å²) in [7, 11) is 0.